The maximum absolute atomic E-state index is 11.8. The summed E-state index contributed by atoms with van der Waals surface area (Å²) in [6.07, 6.45) is 3.45. The molecule has 0 radical (unpaired) electrons. The van der Waals surface area contributed by atoms with Gasteiger partial charge in [-0.1, -0.05) is 43.5 Å². The number of halogens is 2. The van der Waals surface area contributed by atoms with Gasteiger partial charge in [0.2, 0.25) is 5.91 Å². The zero-order valence-electron chi connectivity index (χ0n) is 11.8. The van der Waals surface area contributed by atoms with Gasteiger partial charge in [-0.3, -0.25) is 4.79 Å². The van der Waals surface area contributed by atoms with Gasteiger partial charge in [0.1, 0.15) is 6.04 Å². The molecule has 21 heavy (non-hydrogen) atoms. The summed E-state index contributed by atoms with van der Waals surface area (Å²) in [4.78, 5) is 22.9. The Balaban J connectivity index is 2.75. The molecule has 1 aromatic rings. The number of amides is 1. The molecule has 1 aromatic carbocycles. The SMILES string of the molecule is CCC(C)[C@H](NC(=O)C=Cc1cc(Cl)cc(Cl)c1)C(=O)O. The standard InChI is InChI=1S/C15H17Cl2NO3/c1-3-9(2)14(15(20)21)18-13(19)5-4-10-6-11(16)8-12(17)7-10/h4-9,14H,3H2,1-2H3,(H,18,19)(H,20,21)/t9?,14-/m0/s1. The van der Waals surface area contributed by atoms with Crippen molar-refractivity contribution in [3.8, 4) is 0 Å². The van der Waals surface area contributed by atoms with Crippen LogP contribution in [0.5, 0.6) is 0 Å². The molecule has 114 valence electrons. The predicted molar refractivity (Wildman–Crippen MR) is 84.5 cm³/mol. The summed E-state index contributed by atoms with van der Waals surface area (Å²) in [6, 6.07) is 3.99. The number of aliphatic carboxylic acids is 1. The Morgan fingerprint density at radius 1 is 1.29 bits per heavy atom. The molecule has 6 heteroatoms. The lowest BCUT2D eigenvalue weighted by Gasteiger charge is -2.19. The van der Waals surface area contributed by atoms with Crippen LogP contribution < -0.4 is 5.32 Å². The van der Waals surface area contributed by atoms with Crippen LogP contribution in [-0.4, -0.2) is 23.0 Å². The minimum atomic E-state index is -1.04. The summed E-state index contributed by atoms with van der Waals surface area (Å²) >= 11 is 11.7. The van der Waals surface area contributed by atoms with Gasteiger partial charge in [-0.05, 0) is 35.8 Å². The van der Waals surface area contributed by atoms with Crippen molar-refractivity contribution in [3.63, 3.8) is 0 Å². The van der Waals surface area contributed by atoms with Gasteiger partial charge >= 0.3 is 5.97 Å². The van der Waals surface area contributed by atoms with Gasteiger partial charge in [-0.25, -0.2) is 4.79 Å². The molecule has 1 unspecified atom stereocenters. The highest BCUT2D eigenvalue weighted by Crippen LogP contribution is 2.19. The molecule has 0 aliphatic carbocycles. The third-order valence-corrected chi connectivity index (χ3v) is 3.53. The largest absolute Gasteiger partial charge is 0.480 e. The van der Waals surface area contributed by atoms with Gasteiger partial charge in [0.25, 0.3) is 0 Å². The molecule has 0 fully saturated rings. The Morgan fingerprint density at radius 2 is 1.86 bits per heavy atom. The lowest BCUT2D eigenvalue weighted by atomic mass is 9.99. The van der Waals surface area contributed by atoms with Crippen LogP contribution in [0.4, 0.5) is 0 Å². The first-order valence-corrected chi connectivity index (χ1v) is 7.26. The topological polar surface area (TPSA) is 66.4 Å². The number of carboxylic acid groups (broad SMARTS) is 1. The zero-order valence-corrected chi connectivity index (χ0v) is 13.3. The van der Waals surface area contributed by atoms with Crippen LogP contribution in [0.15, 0.2) is 24.3 Å². The molecule has 1 amide bonds. The lowest BCUT2D eigenvalue weighted by Crippen LogP contribution is -2.44. The maximum Gasteiger partial charge on any atom is 0.326 e. The third kappa shape index (κ3) is 5.78. The van der Waals surface area contributed by atoms with E-state index in [1.54, 1.807) is 25.1 Å². The number of hydrogen-bond acceptors (Lipinski definition) is 2. The van der Waals surface area contributed by atoms with E-state index < -0.39 is 17.9 Å². The number of rotatable bonds is 6. The molecule has 0 saturated carbocycles. The second kappa shape index (κ2) is 8.05. The monoisotopic (exact) mass is 329 g/mol. The third-order valence-electron chi connectivity index (χ3n) is 3.09. The molecule has 0 aliphatic heterocycles. The number of carboxylic acids is 1. The molecule has 0 saturated heterocycles. The Labute approximate surface area is 133 Å². The smallest absolute Gasteiger partial charge is 0.326 e. The molecule has 4 nitrogen and oxygen atoms in total. The van der Waals surface area contributed by atoms with Crippen molar-refractivity contribution in [3.05, 3.63) is 39.9 Å². The fourth-order valence-electron chi connectivity index (χ4n) is 1.73. The van der Waals surface area contributed by atoms with Crippen molar-refractivity contribution in [1.29, 1.82) is 0 Å². The van der Waals surface area contributed by atoms with Crippen molar-refractivity contribution in [2.24, 2.45) is 5.92 Å². The van der Waals surface area contributed by atoms with E-state index >= 15 is 0 Å². The Hall–Kier alpha value is -1.52. The van der Waals surface area contributed by atoms with Crippen LogP contribution >= 0.6 is 23.2 Å². The van der Waals surface area contributed by atoms with E-state index in [9.17, 15) is 9.59 Å². The average molecular weight is 330 g/mol. The number of carbonyl (C=O) groups excluding carboxylic acids is 1. The lowest BCUT2D eigenvalue weighted by molar-refractivity contribution is -0.142. The quantitative estimate of drug-likeness (QED) is 0.783. The number of hydrogen-bond donors (Lipinski definition) is 2. The summed E-state index contributed by atoms with van der Waals surface area (Å²) < 4.78 is 0. The maximum atomic E-state index is 11.8. The van der Waals surface area contributed by atoms with Crippen LogP contribution in [0, 0.1) is 5.92 Å². The summed E-state index contributed by atoms with van der Waals surface area (Å²) in [7, 11) is 0. The van der Waals surface area contributed by atoms with Crippen molar-refractivity contribution < 1.29 is 14.7 Å². The van der Waals surface area contributed by atoms with Crippen molar-refractivity contribution in [2.75, 3.05) is 0 Å². The van der Waals surface area contributed by atoms with Crippen molar-refractivity contribution in [2.45, 2.75) is 26.3 Å². The van der Waals surface area contributed by atoms with E-state index in [1.165, 1.54) is 12.2 Å². The predicted octanol–water partition coefficient (Wildman–Crippen LogP) is 3.62. The molecule has 2 atom stereocenters. The summed E-state index contributed by atoms with van der Waals surface area (Å²) in [6.45, 7) is 3.65. The van der Waals surface area contributed by atoms with E-state index in [0.717, 1.165) is 0 Å². The van der Waals surface area contributed by atoms with Gasteiger partial charge in [0.05, 0.1) is 0 Å². The Morgan fingerprint density at radius 3 is 2.33 bits per heavy atom. The minimum Gasteiger partial charge on any atom is -0.480 e. The van der Waals surface area contributed by atoms with Crippen molar-refractivity contribution >= 4 is 41.2 Å². The fourth-order valence-corrected chi connectivity index (χ4v) is 2.27. The van der Waals surface area contributed by atoms with Gasteiger partial charge in [0, 0.05) is 16.1 Å². The molecular formula is C15H17Cl2NO3. The van der Waals surface area contributed by atoms with E-state index in [-0.39, 0.29) is 5.92 Å². The molecule has 0 aromatic heterocycles. The summed E-state index contributed by atoms with van der Waals surface area (Å²) in [5.74, 6) is -1.67. The molecule has 0 spiro atoms. The van der Waals surface area contributed by atoms with E-state index in [4.69, 9.17) is 28.3 Å². The molecule has 0 heterocycles. The highest BCUT2D eigenvalue weighted by Gasteiger charge is 2.24. The van der Waals surface area contributed by atoms with Gasteiger partial charge in [-0.2, -0.15) is 0 Å². The van der Waals surface area contributed by atoms with Gasteiger partial charge < -0.3 is 10.4 Å². The molecule has 1 rings (SSSR count). The van der Waals surface area contributed by atoms with Crippen LogP contribution in [0.2, 0.25) is 10.0 Å². The zero-order chi connectivity index (χ0) is 16.0. The van der Waals surface area contributed by atoms with Crippen LogP contribution in [0.3, 0.4) is 0 Å². The summed E-state index contributed by atoms with van der Waals surface area (Å²) in [5.41, 5.74) is 0.665. The normalized spacial score (nSPS) is 13.9. The fraction of sp³-hybridized carbons (Fsp3) is 0.333. The summed E-state index contributed by atoms with van der Waals surface area (Å²) in [5, 5.41) is 12.5. The number of benzene rings is 1. The second-order valence-electron chi connectivity index (χ2n) is 4.75. The molecule has 0 bridgehead atoms. The van der Waals surface area contributed by atoms with Crippen LogP contribution in [0.1, 0.15) is 25.8 Å². The van der Waals surface area contributed by atoms with E-state index in [2.05, 4.69) is 5.32 Å². The molecular weight excluding hydrogens is 313 g/mol. The van der Waals surface area contributed by atoms with Gasteiger partial charge in [-0.15, -0.1) is 0 Å². The average Bonchev–Trinajstić information content (AvgIpc) is 2.40. The van der Waals surface area contributed by atoms with Crippen molar-refractivity contribution in [1.82, 2.24) is 5.32 Å². The second-order valence-corrected chi connectivity index (χ2v) is 5.62. The highest BCUT2D eigenvalue weighted by atomic mass is 35.5. The molecule has 2 N–H and O–H groups in total. The highest BCUT2D eigenvalue weighted by molar-refractivity contribution is 6.34. The first-order valence-electron chi connectivity index (χ1n) is 6.51. The number of nitrogens with one attached hydrogen (secondary N) is 1. The first kappa shape index (κ1) is 17.5. The minimum absolute atomic E-state index is 0.152. The number of carbonyl (C=O) groups is 2. The first-order chi connectivity index (χ1) is 9.83. The molecule has 0 aliphatic rings. The Bertz CT molecular complexity index is 538. The van der Waals surface area contributed by atoms with Crippen LogP contribution in [0.25, 0.3) is 6.08 Å². The van der Waals surface area contributed by atoms with Crippen LogP contribution in [-0.2, 0) is 9.59 Å². The van der Waals surface area contributed by atoms with E-state index in [1.807, 2.05) is 6.92 Å². The van der Waals surface area contributed by atoms with Gasteiger partial charge in [0.15, 0.2) is 0 Å². The van der Waals surface area contributed by atoms with E-state index in [0.29, 0.717) is 22.0 Å². The Kier molecular flexibility index (Phi) is 6.72.